The highest BCUT2D eigenvalue weighted by molar-refractivity contribution is 9.10. The molecule has 0 saturated heterocycles. The fourth-order valence-electron chi connectivity index (χ4n) is 1.50. The third kappa shape index (κ3) is 3.24. The van der Waals surface area contributed by atoms with Crippen LogP contribution in [0.4, 0.5) is 11.5 Å². The van der Waals surface area contributed by atoms with Crippen molar-refractivity contribution in [3.63, 3.8) is 0 Å². The van der Waals surface area contributed by atoms with Crippen LogP contribution in [-0.4, -0.2) is 10.9 Å². The largest absolute Gasteiger partial charge is 0.383 e. The Morgan fingerprint density at radius 1 is 1.42 bits per heavy atom. The molecule has 0 unspecified atom stereocenters. The van der Waals surface area contributed by atoms with E-state index < -0.39 is 0 Å². The number of nitrogens with one attached hydrogen (secondary N) is 1. The van der Waals surface area contributed by atoms with Gasteiger partial charge in [-0.2, -0.15) is 0 Å². The summed E-state index contributed by atoms with van der Waals surface area (Å²) in [6.45, 7) is 1.89. The minimum atomic E-state index is -0.328. The van der Waals surface area contributed by atoms with E-state index in [1.54, 1.807) is 18.2 Å². The minimum Gasteiger partial charge on any atom is -0.383 e. The van der Waals surface area contributed by atoms with Gasteiger partial charge in [-0.15, -0.1) is 0 Å². The Bertz CT molecular complexity index is 646. The van der Waals surface area contributed by atoms with E-state index in [4.69, 9.17) is 17.3 Å². The zero-order valence-electron chi connectivity index (χ0n) is 10.1. The summed E-state index contributed by atoms with van der Waals surface area (Å²) >= 11 is 9.26. The normalized spacial score (nSPS) is 10.3. The number of carbonyl (C=O) groups excluding carboxylic acids is 1. The Labute approximate surface area is 124 Å². The molecule has 2 rings (SSSR count). The van der Waals surface area contributed by atoms with Crippen LogP contribution in [0.25, 0.3) is 0 Å². The quantitative estimate of drug-likeness (QED) is 0.877. The zero-order valence-corrected chi connectivity index (χ0v) is 12.4. The number of hydrogen-bond donors (Lipinski definition) is 2. The molecule has 0 spiro atoms. The molecule has 0 fully saturated rings. The summed E-state index contributed by atoms with van der Waals surface area (Å²) in [7, 11) is 0. The molecule has 4 nitrogen and oxygen atoms in total. The van der Waals surface area contributed by atoms with Gasteiger partial charge in [0, 0.05) is 21.4 Å². The number of aromatic nitrogens is 1. The summed E-state index contributed by atoms with van der Waals surface area (Å²) in [5.74, 6) is -0.148. The highest BCUT2D eigenvalue weighted by atomic mass is 79.9. The lowest BCUT2D eigenvalue weighted by atomic mass is 10.2. The van der Waals surface area contributed by atoms with Crippen LogP contribution in [0.2, 0.25) is 5.02 Å². The van der Waals surface area contributed by atoms with Crippen molar-refractivity contribution in [2.45, 2.75) is 6.92 Å². The molecule has 6 heteroatoms. The first-order chi connectivity index (χ1) is 8.97. The fraction of sp³-hybridized carbons (Fsp3) is 0.0769. The predicted octanol–water partition coefficient (Wildman–Crippen LogP) is 3.64. The van der Waals surface area contributed by atoms with E-state index in [1.165, 1.54) is 6.20 Å². The fourth-order valence-corrected chi connectivity index (χ4v) is 2.01. The van der Waals surface area contributed by atoms with Gasteiger partial charge in [-0.3, -0.25) is 4.79 Å². The summed E-state index contributed by atoms with van der Waals surface area (Å²) in [5, 5.41) is 3.33. The molecule has 0 bridgehead atoms. The van der Waals surface area contributed by atoms with E-state index in [9.17, 15) is 4.79 Å². The van der Waals surface area contributed by atoms with E-state index in [-0.39, 0.29) is 11.7 Å². The molecule has 19 heavy (non-hydrogen) atoms. The van der Waals surface area contributed by atoms with E-state index in [0.29, 0.717) is 20.7 Å². The first-order valence-corrected chi connectivity index (χ1v) is 6.63. The number of anilines is 2. The second-order valence-electron chi connectivity index (χ2n) is 4.00. The Kier molecular flexibility index (Phi) is 4.07. The maximum atomic E-state index is 12.1. The molecule has 0 aliphatic carbocycles. The number of rotatable bonds is 2. The van der Waals surface area contributed by atoms with Gasteiger partial charge < -0.3 is 11.1 Å². The summed E-state index contributed by atoms with van der Waals surface area (Å²) in [6, 6.07) is 6.92. The van der Waals surface area contributed by atoms with E-state index in [1.807, 2.05) is 13.0 Å². The molecule has 1 aromatic carbocycles. The second-order valence-corrected chi connectivity index (χ2v) is 5.33. The average molecular weight is 341 g/mol. The van der Waals surface area contributed by atoms with Gasteiger partial charge in [0.05, 0.1) is 5.56 Å². The SMILES string of the molecule is Cc1ccc(NC(=O)c2cc(Br)cnc2N)cc1Cl. The van der Waals surface area contributed by atoms with Crippen LogP contribution in [0.1, 0.15) is 15.9 Å². The third-order valence-corrected chi connectivity index (χ3v) is 3.40. The van der Waals surface area contributed by atoms with Gasteiger partial charge in [0.2, 0.25) is 0 Å². The smallest absolute Gasteiger partial charge is 0.259 e. The van der Waals surface area contributed by atoms with Crippen molar-refractivity contribution in [3.8, 4) is 0 Å². The number of aryl methyl sites for hydroxylation is 1. The van der Waals surface area contributed by atoms with Crippen LogP contribution in [-0.2, 0) is 0 Å². The van der Waals surface area contributed by atoms with Crippen molar-refractivity contribution < 1.29 is 4.79 Å². The lowest BCUT2D eigenvalue weighted by molar-refractivity contribution is 0.102. The minimum absolute atomic E-state index is 0.180. The summed E-state index contributed by atoms with van der Waals surface area (Å²) in [5.41, 5.74) is 7.55. The molecule has 0 aliphatic rings. The lowest BCUT2D eigenvalue weighted by Gasteiger charge is -2.08. The molecule has 0 aliphatic heterocycles. The lowest BCUT2D eigenvalue weighted by Crippen LogP contribution is -2.14. The predicted molar refractivity (Wildman–Crippen MR) is 80.5 cm³/mol. The van der Waals surface area contributed by atoms with Crippen LogP contribution < -0.4 is 11.1 Å². The monoisotopic (exact) mass is 339 g/mol. The van der Waals surface area contributed by atoms with Crippen LogP contribution in [0, 0.1) is 6.92 Å². The summed E-state index contributed by atoms with van der Waals surface area (Å²) in [4.78, 5) is 16.0. The van der Waals surface area contributed by atoms with Crippen molar-refractivity contribution in [2.24, 2.45) is 0 Å². The maximum Gasteiger partial charge on any atom is 0.259 e. The number of pyridine rings is 1. The molecule has 98 valence electrons. The van der Waals surface area contributed by atoms with Crippen molar-refractivity contribution in [3.05, 3.63) is 51.1 Å². The van der Waals surface area contributed by atoms with Gasteiger partial charge in [-0.25, -0.2) is 4.98 Å². The average Bonchev–Trinajstić information content (AvgIpc) is 2.36. The van der Waals surface area contributed by atoms with E-state index in [2.05, 4.69) is 26.2 Å². The number of hydrogen-bond acceptors (Lipinski definition) is 3. The van der Waals surface area contributed by atoms with Crippen LogP contribution in [0.5, 0.6) is 0 Å². The van der Waals surface area contributed by atoms with Crippen LogP contribution in [0.3, 0.4) is 0 Å². The molecule has 0 saturated carbocycles. The van der Waals surface area contributed by atoms with Gasteiger partial charge in [0.25, 0.3) is 5.91 Å². The highest BCUT2D eigenvalue weighted by Gasteiger charge is 2.12. The van der Waals surface area contributed by atoms with Gasteiger partial charge in [-0.1, -0.05) is 17.7 Å². The molecule has 1 amide bonds. The van der Waals surface area contributed by atoms with Crippen molar-refractivity contribution in [1.82, 2.24) is 4.98 Å². The zero-order chi connectivity index (χ0) is 14.0. The third-order valence-electron chi connectivity index (χ3n) is 2.56. The van der Waals surface area contributed by atoms with Crippen molar-refractivity contribution in [1.29, 1.82) is 0 Å². The maximum absolute atomic E-state index is 12.1. The van der Waals surface area contributed by atoms with Gasteiger partial charge in [0.1, 0.15) is 5.82 Å². The molecule has 0 atom stereocenters. The number of nitrogens with zero attached hydrogens (tertiary/aromatic N) is 1. The van der Waals surface area contributed by atoms with Gasteiger partial charge in [0.15, 0.2) is 0 Å². The standard InChI is InChI=1S/C13H11BrClN3O/c1-7-2-3-9(5-11(7)15)18-13(19)10-4-8(14)6-17-12(10)16/h2-6H,1H3,(H2,16,17)(H,18,19). The van der Waals surface area contributed by atoms with Gasteiger partial charge >= 0.3 is 0 Å². The van der Waals surface area contributed by atoms with Crippen molar-refractivity contribution >= 4 is 44.9 Å². The first-order valence-electron chi connectivity index (χ1n) is 5.46. The molecule has 1 aromatic heterocycles. The van der Waals surface area contributed by atoms with Crippen LogP contribution in [0.15, 0.2) is 34.9 Å². The highest BCUT2D eigenvalue weighted by Crippen LogP contribution is 2.22. The summed E-state index contributed by atoms with van der Waals surface area (Å²) < 4.78 is 0.689. The number of benzene rings is 1. The summed E-state index contributed by atoms with van der Waals surface area (Å²) in [6.07, 6.45) is 1.54. The van der Waals surface area contributed by atoms with Gasteiger partial charge in [-0.05, 0) is 46.6 Å². The molecule has 2 aromatic rings. The number of amides is 1. The second kappa shape index (κ2) is 5.59. The van der Waals surface area contributed by atoms with Crippen LogP contribution >= 0.6 is 27.5 Å². The topological polar surface area (TPSA) is 68.0 Å². The molecule has 0 radical (unpaired) electrons. The van der Waals surface area contributed by atoms with E-state index >= 15 is 0 Å². The molecule has 3 N–H and O–H groups in total. The van der Waals surface area contributed by atoms with Crippen molar-refractivity contribution in [2.75, 3.05) is 11.1 Å². The molecule has 1 heterocycles. The Balaban J connectivity index is 2.25. The number of nitrogens with two attached hydrogens (primary N) is 1. The molecular weight excluding hydrogens is 330 g/mol. The Morgan fingerprint density at radius 2 is 2.16 bits per heavy atom. The Morgan fingerprint density at radius 3 is 2.84 bits per heavy atom. The number of carbonyl (C=O) groups is 1. The molecular formula is C13H11BrClN3O. The first kappa shape index (κ1) is 13.8. The Hall–Kier alpha value is -1.59. The number of nitrogen functional groups attached to an aromatic ring is 1. The van der Waals surface area contributed by atoms with E-state index in [0.717, 1.165) is 5.56 Å². The number of halogens is 2.